The summed E-state index contributed by atoms with van der Waals surface area (Å²) >= 11 is 0. The first-order chi connectivity index (χ1) is 7.90. The van der Waals surface area contributed by atoms with E-state index in [0.717, 1.165) is 32.6 Å². The zero-order valence-electron chi connectivity index (χ0n) is 11.8. The quantitative estimate of drug-likeness (QED) is 0.694. The van der Waals surface area contributed by atoms with E-state index in [2.05, 4.69) is 23.8 Å². The van der Waals surface area contributed by atoms with Crippen molar-refractivity contribution in [3.05, 3.63) is 0 Å². The molecule has 4 nitrogen and oxygen atoms in total. The van der Waals surface area contributed by atoms with E-state index in [1.54, 1.807) is 0 Å². The SMILES string of the molecule is CCC1CN(CC(C)(C)C(=O)OC)CCN1C. The van der Waals surface area contributed by atoms with Gasteiger partial charge < -0.3 is 9.64 Å². The van der Waals surface area contributed by atoms with Crippen LogP contribution in [0.25, 0.3) is 0 Å². The number of carbonyl (C=O) groups is 1. The van der Waals surface area contributed by atoms with Gasteiger partial charge in [-0.05, 0) is 27.3 Å². The summed E-state index contributed by atoms with van der Waals surface area (Å²) in [4.78, 5) is 16.4. The summed E-state index contributed by atoms with van der Waals surface area (Å²) in [6.07, 6.45) is 1.16. The van der Waals surface area contributed by atoms with E-state index in [9.17, 15) is 4.79 Å². The summed E-state index contributed by atoms with van der Waals surface area (Å²) in [5.74, 6) is -0.121. The predicted octanol–water partition coefficient (Wildman–Crippen LogP) is 1.21. The third-order valence-electron chi connectivity index (χ3n) is 3.69. The van der Waals surface area contributed by atoms with Crippen LogP contribution in [0.3, 0.4) is 0 Å². The first-order valence-electron chi connectivity index (χ1n) is 6.41. The fourth-order valence-electron chi connectivity index (χ4n) is 2.49. The number of nitrogens with zero attached hydrogens (tertiary/aromatic N) is 2. The third-order valence-corrected chi connectivity index (χ3v) is 3.69. The van der Waals surface area contributed by atoms with Crippen LogP contribution in [0.5, 0.6) is 0 Å². The van der Waals surface area contributed by atoms with Gasteiger partial charge in [0.05, 0.1) is 12.5 Å². The van der Waals surface area contributed by atoms with Gasteiger partial charge in [-0.2, -0.15) is 0 Å². The van der Waals surface area contributed by atoms with Gasteiger partial charge >= 0.3 is 5.97 Å². The molecule has 1 saturated heterocycles. The standard InChI is InChI=1S/C13H26N2O2/c1-6-11-9-15(8-7-14(11)4)10-13(2,3)12(16)17-5/h11H,6-10H2,1-5H3. The molecule has 1 unspecified atom stereocenters. The van der Waals surface area contributed by atoms with Gasteiger partial charge in [-0.25, -0.2) is 0 Å². The zero-order chi connectivity index (χ0) is 13.1. The summed E-state index contributed by atoms with van der Waals surface area (Å²) < 4.78 is 4.85. The highest BCUT2D eigenvalue weighted by atomic mass is 16.5. The zero-order valence-corrected chi connectivity index (χ0v) is 11.8. The summed E-state index contributed by atoms with van der Waals surface area (Å²) in [6, 6.07) is 0.609. The molecule has 1 aliphatic rings. The van der Waals surface area contributed by atoms with E-state index in [4.69, 9.17) is 4.74 Å². The van der Waals surface area contributed by atoms with Crippen molar-refractivity contribution in [1.29, 1.82) is 0 Å². The average molecular weight is 242 g/mol. The Kier molecular flexibility index (Phi) is 4.95. The van der Waals surface area contributed by atoms with Crippen LogP contribution in [0.15, 0.2) is 0 Å². The second-order valence-corrected chi connectivity index (χ2v) is 5.65. The maximum Gasteiger partial charge on any atom is 0.312 e. The van der Waals surface area contributed by atoms with Crippen molar-refractivity contribution in [2.45, 2.75) is 33.2 Å². The molecule has 1 rings (SSSR count). The molecule has 0 amide bonds. The normalized spacial score (nSPS) is 23.7. The maximum absolute atomic E-state index is 11.7. The smallest absolute Gasteiger partial charge is 0.312 e. The van der Waals surface area contributed by atoms with Gasteiger partial charge in [-0.15, -0.1) is 0 Å². The molecule has 0 bridgehead atoms. The molecule has 0 aromatic carbocycles. The van der Waals surface area contributed by atoms with E-state index < -0.39 is 5.41 Å². The molecule has 0 aromatic rings. The minimum absolute atomic E-state index is 0.121. The van der Waals surface area contributed by atoms with Crippen molar-refractivity contribution in [2.24, 2.45) is 5.41 Å². The van der Waals surface area contributed by atoms with Crippen molar-refractivity contribution < 1.29 is 9.53 Å². The molecule has 0 aromatic heterocycles. The highest BCUT2D eigenvalue weighted by Gasteiger charge is 2.33. The molecule has 0 saturated carbocycles. The van der Waals surface area contributed by atoms with Gasteiger partial charge in [0, 0.05) is 32.2 Å². The molecule has 0 radical (unpaired) electrons. The summed E-state index contributed by atoms with van der Waals surface area (Å²) in [7, 11) is 3.64. The van der Waals surface area contributed by atoms with Gasteiger partial charge in [-0.3, -0.25) is 9.69 Å². The second-order valence-electron chi connectivity index (χ2n) is 5.65. The Hall–Kier alpha value is -0.610. The van der Waals surface area contributed by atoms with Crippen LogP contribution in [-0.2, 0) is 9.53 Å². The van der Waals surface area contributed by atoms with Crippen LogP contribution < -0.4 is 0 Å². The number of likely N-dealkylation sites (N-methyl/N-ethyl adjacent to an activating group) is 1. The van der Waals surface area contributed by atoms with Gasteiger partial charge in [0.15, 0.2) is 0 Å². The number of carbonyl (C=O) groups excluding carboxylic acids is 1. The number of rotatable bonds is 4. The van der Waals surface area contributed by atoms with Gasteiger partial charge in [0.2, 0.25) is 0 Å². The van der Waals surface area contributed by atoms with E-state index >= 15 is 0 Å². The summed E-state index contributed by atoms with van der Waals surface area (Å²) in [5, 5.41) is 0. The topological polar surface area (TPSA) is 32.8 Å². The predicted molar refractivity (Wildman–Crippen MR) is 68.9 cm³/mol. The lowest BCUT2D eigenvalue weighted by molar-refractivity contribution is -0.152. The monoisotopic (exact) mass is 242 g/mol. The molecule has 100 valence electrons. The molecule has 4 heteroatoms. The third kappa shape index (κ3) is 3.68. The average Bonchev–Trinajstić information content (AvgIpc) is 2.30. The first-order valence-corrected chi connectivity index (χ1v) is 6.41. The Balaban J connectivity index is 2.55. The van der Waals surface area contributed by atoms with Crippen molar-refractivity contribution in [1.82, 2.24) is 9.80 Å². The van der Waals surface area contributed by atoms with Crippen LogP contribution in [0.4, 0.5) is 0 Å². The Labute approximate surface area is 105 Å². The van der Waals surface area contributed by atoms with Gasteiger partial charge in [0.1, 0.15) is 0 Å². The van der Waals surface area contributed by atoms with Crippen LogP contribution in [-0.4, -0.2) is 62.1 Å². The molecular weight excluding hydrogens is 216 g/mol. The summed E-state index contributed by atoms with van der Waals surface area (Å²) in [5.41, 5.74) is -0.414. The van der Waals surface area contributed by atoms with Crippen molar-refractivity contribution in [3.8, 4) is 0 Å². The number of esters is 1. The number of hydrogen-bond donors (Lipinski definition) is 0. The number of methoxy groups -OCH3 is 1. The molecule has 0 spiro atoms. The largest absolute Gasteiger partial charge is 0.469 e. The van der Waals surface area contributed by atoms with Gasteiger partial charge in [0.25, 0.3) is 0 Å². The minimum Gasteiger partial charge on any atom is -0.469 e. The molecule has 1 fully saturated rings. The molecule has 17 heavy (non-hydrogen) atoms. The Morgan fingerprint density at radius 2 is 2.06 bits per heavy atom. The van der Waals surface area contributed by atoms with Crippen LogP contribution >= 0.6 is 0 Å². The second kappa shape index (κ2) is 5.83. The van der Waals surface area contributed by atoms with E-state index in [-0.39, 0.29) is 5.97 Å². The Bertz CT molecular complexity index is 266. The fraction of sp³-hybridized carbons (Fsp3) is 0.923. The number of piperazine rings is 1. The number of ether oxygens (including phenoxy) is 1. The van der Waals surface area contributed by atoms with Crippen molar-refractivity contribution in [3.63, 3.8) is 0 Å². The lowest BCUT2D eigenvalue weighted by atomic mass is 9.92. The Morgan fingerprint density at radius 1 is 1.41 bits per heavy atom. The highest BCUT2D eigenvalue weighted by molar-refractivity contribution is 5.76. The minimum atomic E-state index is -0.414. The first kappa shape index (κ1) is 14.5. The molecular formula is C13H26N2O2. The fourth-order valence-corrected chi connectivity index (χ4v) is 2.49. The molecule has 0 aliphatic carbocycles. The molecule has 1 heterocycles. The lowest BCUT2D eigenvalue weighted by Crippen LogP contribution is -2.54. The van der Waals surface area contributed by atoms with Crippen LogP contribution in [0.1, 0.15) is 27.2 Å². The van der Waals surface area contributed by atoms with E-state index in [1.807, 2.05) is 13.8 Å². The van der Waals surface area contributed by atoms with E-state index in [1.165, 1.54) is 7.11 Å². The van der Waals surface area contributed by atoms with Crippen LogP contribution in [0, 0.1) is 5.41 Å². The lowest BCUT2D eigenvalue weighted by Gasteiger charge is -2.41. The maximum atomic E-state index is 11.7. The van der Waals surface area contributed by atoms with Gasteiger partial charge in [-0.1, -0.05) is 6.92 Å². The molecule has 0 N–H and O–H groups in total. The van der Waals surface area contributed by atoms with Crippen molar-refractivity contribution in [2.75, 3.05) is 40.3 Å². The van der Waals surface area contributed by atoms with Crippen LogP contribution in [0.2, 0.25) is 0 Å². The highest BCUT2D eigenvalue weighted by Crippen LogP contribution is 2.21. The summed E-state index contributed by atoms with van der Waals surface area (Å²) in [6.45, 7) is 10.1. The Morgan fingerprint density at radius 3 is 2.59 bits per heavy atom. The molecule has 1 atom stereocenters. The van der Waals surface area contributed by atoms with Crippen molar-refractivity contribution >= 4 is 5.97 Å². The molecule has 1 aliphatic heterocycles. The number of hydrogen-bond acceptors (Lipinski definition) is 4. The van der Waals surface area contributed by atoms with E-state index in [0.29, 0.717) is 6.04 Å².